The van der Waals surface area contributed by atoms with E-state index in [-0.39, 0.29) is 12.8 Å². The molecule has 0 radical (unpaired) electrons. The number of hydrogen-bond acceptors (Lipinski definition) is 13. The average Bonchev–Trinajstić information content (AvgIpc) is 3.28. The fourth-order valence-electron chi connectivity index (χ4n) is 8.70. The second-order valence-electron chi connectivity index (χ2n) is 19.3. The SMILES string of the molecule is CCCCCCCCCCC[C@@H](O)CC(=O)N[C@H]1[C@@H](OC(=O)C[C@H](NC(=O)C[C@H](O)CCCCCCCCCCC)C(=O)O)O[C@H](CO)[C@@H](O)[C@@H]1OC(=O)C[C@H](O)CCCCCCCCCCC. The number of carboxylic acids is 1. The number of nitrogens with one attached hydrogen (secondary N) is 2. The Morgan fingerprint density at radius 2 is 0.882 bits per heavy atom. The van der Waals surface area contributed by atoms with Crippen LogP contribution in [0.5, 0.6) is 0 Å². The first-order valence-corrected chi connectivity index (χ1v) is 26.9. The maximum absolute atomic E-state index is 13.4. The number of ether oxygens (including phenoxy) is 3. The Balaban J connectivity index is 2.98. The Morgan fingerprint density at radius 1 is 0.515 bits per heavy atom. The Bertz CT molecular complexity index is 1320. The van der Waals surface area contributed by atoms with Crippen LogP contribution in [-0.4, -0.2) is 122 Å². The van der Waals surface area contributed by atoms with Crippen LogP contribution in [0, 0.1) is 0 Å². The van der Waals surface area contributed by atoms with E-state index in [0.29, 0.717) is 38.5 Å². The number of esters is 2. The topological polar surface area (TPSA) is 258 Å². The molecular formula is C52H96N2O14. The molecule has 8 N–H and O–H groups in total. The molecule has 68 heavy (non-hydrogen) atoms. The van der Waals surface area contributed by atoms with Crippen molar-refractivity contribution in [3.05, 3.63) is 0 Å². The minimum Gasteiger partial charge on any atom is -0.480 e. The summed E-state index contributed by atoms with van der Waals surface area (Å²) in [7, 11) is 0. The van der Waals surface area contributed by atoms with E-state index in [4.69, 9.17) is 14.2 Å². The first kappa shape index (κ1) is 63.1. The van der Waals surface area contributed by atoms with E-state index in [1.54, 1.807) is 0 Å². The Morgan fingerprint density at radius 3 is 1.28 bits per heavy atom. The van der Waals surface area contributed by atoms with Crippen LogP contribution < -0.4 is 10.6 Å². The molecule has 0 aromatic rings. The summed E-state index contributed by atoms with van der Waals surface area (Å²) in [6.07, 6.45) is 18.2. The molecule has 2 amide bonds. The molecular weight excluding hydrogens is 877 g/mol. The molecule has 0 aromatic heterocycles. The molecule has 398 valence electrons. The molecule has 16 heteroatoms. The Labute approximate surface area is 408 Å². The maximum atomic E-state index is 13.4. The van der Waals surface area contributed by atoms with Gasteiger partial charge in [-0.25, -0.2) is 4.79 Å². The smallest absolute Gasteiger partial charge is 0.326 e. The number of amides is 2. The number of carbonyl (C=O) groups is 5. The van der Waals surface area contributed by atoms with Crippen LogP contribution in [0.1, 0.15) is 239 Å². The van der Waals surface area contributed by atoms with Gasteiger partial charge in [-0.15, -0.1) is 0 Å². The van der Waals surface area contributed by atoms with Crippen LogP contribution in [0.3, 0.4) is 0 Å². The van der Waals surface area contributed by atoms with Crippen LogP contribution in [0.4, 0.5) is 0 Å². The highest BCUT2D eigenvalue weighted by atomic mass is 16.7. The number of carbonyl (C=O) groups excluding carboxylic acids is 4. The first-order chi connectivity index (χ1) is 32.8. The normalized spacial score (nSPS) is 20.0. The molecule has 1 heterocycles. The molecule has 1 saturated heterocycles. The highest BCUT2D eigenvalue weighted by Gasteiger charge is 2.50. The van der Waals surface area contributed by atoms with Gasteiger partial charge < -0.3 is 55.5 Å². The number of aliphatic hydroxyl groups is 5. The van der Waals surface area contributed by atoms with Crippen LogP contribution in [-0.2, 0) is 38.2 Å². The first-order valence-electron chi connectivity index (χ1n) is 26.9. The van der Waals surface area contributed by atoms with Gasteiger partial charge in [0.15, 0.2) is 6.10 Å². The van der Waals surface area contributed by atoms with Gasteiger partial charge in [0.25, 0.3) is 0 Å². The minimum absolute atomic E-state index is 0.331. The molecule has 0 unspecified atom stereocenters. The third-order valence-corrected chi connectivity index (χ3v) is 12.9. The van der Waals surface area contributed by atoms with Crippen molar-refractivity contribution >= 4 is 29.7 Å². The average molecular weight is 973 g/mol. The molecule has 1 aliphatic heterocycles. The zero-order chi connectivity index (χ0) is 50.4. The molecule has 16 nitrogen and oxygen atoms in total. The largest absolute Gasteiger partial charge is 0.480 e. The monoisotopic (exact) mass is 973 g/mol. The lowest BCUT2D eigenvalue weighted by Gasteiger charge is -2.43. The summed E-state index contributed by atoms with van der Waals surface area (Å²) in [5, 5.41) is 68.1. The molecule has 0 bridgehead atoms. The van der Waals surface area contributed by atoms with Gasteiger partial charge in [0.2, 0.25) is 18.1 Å². The summed E-state index contributed by atoms with van der Waals surface area (Å²) in [6, 6.07) is -3.38. The molecule has 0 spiro atoms. The van der Waals surface area contributed by atoms with Gasteiger partial charge in [0.1, 0.15) is 24.3 Å². The van der Waals surface area contributed by atoms with E-state index in [1.165, 1.54) is 77.0 Å². The standard InChI is InChI=1S/C52H96N2O14/c1-4-7-10-13-16-19-22-25-28-31-39(56)34-44(59)53-42(51(64)65)37-47(62)68-52-48(54-45(60)35-40(57)32-29-26-23-20-17-14-11-8-5-2)50(49(63)43(38-55)66-52)67-46(61)36-41(58)33-30-27-24-21-18-15-12-9-6-3/h39-43,48-50,52,55-58,63H,4-38H2,1-3H3,(H,53,59)(H,54,60)(H,64,65)/t39-,40-,41-,42+,43-,48-,49-,50-,52-/m1/s1. The van der Waals surface area contributed by atoms with Gasteiger partial charge in [-0.1, -0.05) is 194 Å². The minimum atomic E-state index is -1.84. The highest BCUT2D eigenvalue weighted by Crippen LogP contribution is 2.27. The zero-order valence-electron chi connectivity index (χ0n) is 42.4. The van der Waals surface area contributed by atoms with Gasteiger partial charge in [0, 0.05) is 0 Å². The number of unbranched alkanes of at least 4 members (excludes halogenated alkanes) is 24. The lowest BCUT2D eigenvalue weighted by atomic mass is 9.96. The van der Waals surface area contributed by atoms with Crippen LogP contribution in [0.25, 0.3) is 0 Å². The quantitative estimate of drug-likeness (QED) is 0.0213. The summed E-state index contributed by atoms with van der Waals surface area (Å²) in [5.74, 6) is -5.24. The lowest BCUT2D eigenvalue weighted by molar-refractivity contribution is -0.267. The van der Waals surface area contributed by atoms with Crippen molar-refractivity contribution in [3.8, 4) is 0 Å². The molecule has 9 atom stereocenters. The van der Waals surface area contributed by atoms with Crippen LogP contribution in [0.2, 0.25) is 0 Å². The van der Waals surface area contributed by atoms with E-state index in [1.807, 2.05) is 0 Å². The van der Waals surface area contributed by atoms with Crippen molar-refractivity contribution in [2.75, 3.05) is 6.61 Å². The third kappa shape index (κ3) is 31.4. The van der Waals surface area contributed by atoms with Crippen molar-refractivity contribution in [3.63, 3.8) is 0 Å². The van der Waals surface area contributed by atoms with Gasteiger partial charge in [-0.3, -0.25) is 19.2 Å². The van der Waals surface area contributed by atoms with Crippen LogP contribution in [0.15, 0.2) is 0 Å². The van der Waals surface area contributed by atoms with Gasteiger partial charge in [-0.05, 0) is 19.3 Å². The number of carboxylic acid groups (broad SMARTS) is 1. The highest BCUT2D eigenvalue weighted by molar-refractivity contribution is 5.87. The molecule has 0 saturated carbocycles. The Kier molecular flexibility index (Phi) is 37.9. The summed E-state index contributed by atoms with van der Waals surface area (Å²) in [5.41, 5.74) is 0. The predicted molar refractivity (Wildman–Crippen MR) is 261 cm³/mol. The van der Waals surface area contributed by atoms with Crippen molar-refractivity contribution in [2.45, 2.75) is 294 Å². The molecule has 0 aromatic carbocycles. The summed E-state index contributed by atoms with van der Waals surface area (Å²) in [4.78, 5) is 65.1. The van der Waals surface area contributed by atoms with E-state index >= 15 is 0 Å². The van der Waals surface area contributed by atoms with Crippen molar-refractivity contribution in [1.29, 1.82) is 0 Å². The molecule has 1 aliphatic rings. The van der Waals surface area contributed by atoms with Crippen molar-refractivity contribution in [2.24, 2.45) is 0 Å². The second kappa shape index (κ2) is 40.8. The van der Waals surface area contributed by atoms with Gasteiger partial charge >= 0.3 is 17.9 Å². The van der Waals surface area contributed by atoms with Crippen LogP contribution >= 0.6 is 0 Å². The van der Waals surface area contributed by atoms with Crippen molar-refractivity contribution in [1.82, 2.24) is 10.6 Å². The van der Waals surface area contributed by atoms with E-state index in [2.05, 4.69) is 31.4 Å². The summed E-state index contributed by atoms with van der Waals surface area (Å²) in [6.45, 7) is 5.69. The van der Waals surface area contributed by atoms with Crippen molar-refractivity contribution < 1.29 is 68.8 Å². The summed E-state index contributed by atoms with van der Waals surface area (Å²) < 4.78 is 16.9. The second-order valence-corrected chi connectivity index (χ2v) is 19.3. The van der Waals surface area contributed by atoms with Gasteiger partial charge in [0.05, 0.1) is 50.6 Å². The molecule has 0 aliphatic carbocycles. The van der Waals surface area contributed by atoms with E-state index < -0.39 is 104 Å². The number of aliphatic hydroxyl groups excluding tert-OH is 5. The molecule has 1 rings (SSSR count). The predicted octanol–water partition coefficient (Wildman–Crippen LogP) is 7.98. The van der Waals surface area contributed by atoms with E-state index in [0.717, 1.165) is 77.0 Å². The van der Waals surface area contributed by atoms with E-state index in [9.17, 15) is 54.6 Å². The Hall–Kier alpha value is -2.89. The lowest BCUT2D eigenvalue weighted by Crippen LogP contribution is -2.66. The number of aliphatic carboxylic acids is 1. The number of hydrogen-bond donors (Lipinski definition) is 8. The van der Waals surface area contributed by atoms with Gasteiger partial charge in [-0.2, -0.15) is 0 Å². The maximum Gasteiger partial charge on any atom is 0.326 e. The molecule has 1 fully saturated rings. The summed E-state index contributed by atoms with van der Waals surface area (Å²) >= 11 is 0. The zero-order valence-corrected chi connectivity index (χ0v) is 42.4. The fourth-order valence-corrected chi connectivity index (χ4v) is 8.70. The number of rotatable bonds is 44. The third-order valence-electron chi connectivity index (χ3n) is 12.9. The fraction of sp³-hybridized carbons (Fsp3) is 0.904.